The van der Waals surface area contributed by atoms with Crippen molar-refractivity contribution >= 4 is 35.2 Å². The molecule has 5 heteroatoms. The van der Waals surface area contributed by atoms with Crippen molar-refractivity contribution in [3.63, 3.8) is 0 Å². The Morgan fingerprint density at radius 3 is 2.50 bits per heavy atom. The number of anilines is 1. The molecule has 1 aliphatic rings. The Kier molecular flexibility index (Phi) is 4.96. The lowest BCUT2D eigenvalue weighted by atomic mass is 10.0. The largest absolute Gasteiger partial charge is 0.465 e. The maximum Gasteiger partial charge on any atom is 0.340 e. The molecule has 132 valence electrons. The highest BCUT2D eigenvalue weighted by molar-refractivity contribution is 6.31. The van der Waals surface area contributed by atoms with Crippen molar-refractivity contribution in [1.29, 1.82) is 0 Å². The van der Waals surface area contributed by atoms with Crippen LogP contribution in [-0.2, 0) is 14.3 Å². The lowest BCUT2D eigenvalue weighted by Crippen LogP contribution is -2.24. The number of amides is 1. The number of carbonyl (C=O) groups excluding carboxylic acids is 2. The van der Waals surface area contributed by atoms with Gasteiger partial charge in [0.15, 0.2) is 0 Å². The summed E-state index contributed by atoms with van der Waals surface area (Å²) in [5.74, 6) is -0.828. The Balaban J connectivity index is 2.15. The summed E-state index contributed by atoms with van der Waals surface area (Å²) in [6.07, 6.45) is 1.72. The van der Waals surface area contributed by atoms with Crippen LogP contribution in [0.5, 0.6) is 0 Å². The molecule has 0 atom stereocenters. The van der Waals surface area contributed by atoms with Crippen molar-refractivity contribution in [3.05, 3.63) is 81.5 Å². The number of hydrogen-bond donors (Lipinski definition) is 0. The number of rotatable bonds is 3. The molecule has 0 radical (unpaired) electrons. The number of aryl methyl sites for hydroxylation is 1. The van der Waals surface area contributed by atoms with Gasteiger partial charge in [-0.1, -0.05) is 47.5 Å². The summed E-state index contributed by atoms with van der Waals surface area (Å²) < 4.78 is 4.91. The van der Waals surface area contributed by atoms with E-state index < -0.39 is 5.97 Å². The number of hydrogen-bond acceptors (Lipinski definition) is 3. The van der Waals surface area contributed by atoms with Crippen LogP contribution in [0.4, 0.5) is 5.69 Å². The smallest absolute Gasteiger partial charge is 0.340 e. The normalized spacial score (nSPS) is 15.8. The summed E-state index contributed by atoms with van der Waals surface area (Å²) in [4.78, 5) is 27.0. The van der Waals surface area contributed by atoms with Crippen molar-refractivity contribution in [1.82, 2.24) is 0 Å². The summed E-state index contributed by atoms with van der Waals surface area (Å²) in [5.41, 5.74) is 3.60. The Hall–Kier alpha value is -2.85. The summed E-state index contributed by atoms with van der Waals surface area (Å²) in [5, 5.41) is 0.513. The molecular weight excluding hydrogens is 350 g/mol. The molecule has 0 fully saturated rings. The zero-order valence-electron chi connectivity index (χ0n) is 14.7. The van der Waals surface area contributed by atoms with Gasteiger partial charge in [-0.15, -0.1) is 0 Å². The third kappa shape index (κ3) is 3.28. The van der Waals surface area contributed by atoms with E-state index >= 15 is 0 Å². The van der Waals surface area contributed by atoms with Crippen LogP contribution in [0.25, 0.3) is 6.08 Å². The zero-order chi connectivity index (χ0) is 18.8. The fourth-order valence-electron chi connectivity index (χ4n) is 3.03. The van der Waals surface area contributed by atoms with E-state index in [1.54, 1.807) is 37.3 Å². The van der Waals surface area contributed by atoms with E-state index in [1.807, 2.05) is 31.2 Å². The molecule has 26 heavy (non-hydrogen) atoms. The van der Waals surface area contributed by atoms with Gasteiger partial charge in [0.2, 0.25) is 0 Å². The second-order valence-corrected chi connectivity index (χ2v) is 6.48. The van der Waals surface area contributed by atoms with E-state index in [2.05, 4.69) is 0 Å². The summed E-state index contributed by atoms with van der Waals surface area (Å²) in [6.45, 7) is 3.70. The Labute approximate surface area is 157 Å². The first-order valence-corrected chi connectivity index (χ1v) is 8.48. The van der Waals surface area contributed by atoms with Crippen molar-refractivity contribution in [3.8, 4) is 0 Å². The van der Waals surface area contributed by atoms with Gasteiger partial charge in [-0.2, -0.15) is 0 Å². The van der Waals surface area contributed by atoms with Gasteiger partial charge >= 0.3 is 5.97 Å². The molecule has 0 N–H and O–H groups in total. The number of nitrogens with zero attached hydrogens (tertiary/aromatic N) is 1. The SMILES string of the molecule is COC(=O)C1=C(C)N(c2cccc(Cl)c2)C(=O)/C1=C\c1cccc(C)c1. The predicted octanol–water partition coefficient (Wildman–Crippen LogP) is 4.53. The third-order valence-electron chi connectivity index (χ3n) is 4.21. The van der Waals surface area contributed by atoms with Gasteiger partial charge < -0.3 is 4.74 Å². The Bertz CT molecular complexity index is 959. The van der Waals surface area contributed by atoms with E-state index in [-0.39, 0.29) is 11.5 Å². The highest BCUT2D eigenvalue weighted by Gasteiger charge is 2.37. The van der Waals surface area contributed by atoms with Gasteiger partial charge in [-0.3, -0.25) is 9.69 Å². The van der Waals surface area contributed by atoms with E-state index in [9.17, 15) is 9.59 Å². The molecule has 3 rings (SSSR count). The van der Waals surface area contributed by atoms with Gasteiger partial charge in [-0.25, -0.2) is 4.79 Å². The second kappa shape index (κ2) is 7.18. The first kappa shape index (κ1) is 18.0. The van der Waals surface area contributed by atoms with Crippen LogP contribution in [0, 0.1) is 6.92 Å². The molecule has 0 unspecified atom stereocenters. The van der Waals surface area contributed by atoms with Crippen LogP contribution in [0.15, 0.2) is 65.4 Å². The molecule has 0 saturated carbocycles. The molecule has 1 heterocycles. The Morgan fingerprint density at radius 1 is 1.12 bits per heavy atom. The van der Waals surface area contributed by atoms with Crippen LogP contribution in [0.2, 0.25) is 5.02 Å². The summed E-state index contributed by atoms with van der Waals surface area (Å²) in [6, 6.07) is 14.7. The molecule has 1 aliphatic heterocycles. The van der Waals surface area contributed by atoms with E-state index in [4.69, 9.17) is 16.3 Å². The maximum atomic E-state index is 13.1. The number of ether oxygens (including phenoxy) is 1. The average Bonchev–Trinajstić information content (AvgIpc) is 2.84. The molecule has 0 spiro atoms. The van der Waals surface area contributed by atoms with Crippen molar-refractivity contribution < 1.29 is 14.3 Å². The molecule has 1 amide bonds. The minimum atomic E-state index is -0.542. The van der Waals surface area contributed by atoms with Gasteiger partial charge in [-0.05, 0) is 43.7 Å². The van der Waals surface area contributed by atoms with Crippen LogP contribution in [0.1, 0.15) is 18.1 Å². The topological polar surface area (TPSA) is 46.6 Å². The molecule has 0 aliphatic carbocycles. The second-order valence-electron chi connectivity index (χ2n) is 6.04. The lowest BCUT2D eigenvalue weighted by molar-refractivity contribution is -0.136. The first-order chi connectivity index (χ1) is 12.4. The zero-order valence-corrected chi connectivity index (χ0v) is 15.5. The number of carbonyl (C=O) groups is 2. The molecule has 4 nitrogen and oxygen atoms in total. The summed E-state index contributed by atoms with van der Waals surface area (Å²) in [7, 11) is 1.30. The van der Waals surface area contributed by atoms with Crippen LogP contribution >= 0.6 is 11.6 Å². The van der Waals surface area contributed by atoms with Crippen LogP contribution in [-0.4, -0.2) is 19.0 Å². The van der Waals surface area contributed by atoms with Crippen LogP contribution in [0.3, 0.4) is 0 Å². The molecule has 0 aromatic heterocycles. The van der Waals surface area contributed by atoms with Crippen molar-refractivity contribution in [2.24, 2.45) is 0 Å². The Morgan fingerprint density at radius 2 is 1.85 bits per heavy atom. The van der Waals surface area contributed by atoms with Gasteiger partial charge in [0.25, 0.3) is 5.91 Å². The monoisotopic (exact) mass is 367 g/mol. The van der Waals surface area contributed by atoms with Crippen molar-refractivity contribution in [2.75, 3.05) is 12.0 Å². The first-order valence-electron chi connectivity index (χ1n) is 8.10. The fourth-order valence-corrected chi connectivity index (χ4v) is 3.22. The predicted molar refractivity (Wildman–Crippen MR) is 103 cm³/mol. The van der Waals surface area contributed by atoms with Gasteiger partial charge in [0.05, 0.1) is 23.9 Å². The average molecular weight is 368 g/mol. The van der Waals surface area contributed by atoms with Crippen molar-refractivity contribution in [2.45, 2.75) is 13.8 Å². The number of methoxy groups -OCH3 is 1. The van der Waals surface area contributed by atoms with E-state index in [1.165, 1.54) is 12.0 Å². The number of allylic oxidation sites excluding steroid dienone is 1. The standard InChI is InChI=1S/C21H18ClNO3/c1-13-6-4-7-15(10-13)11-18-19(21(25)26-3)14(2)23(20(18)24)17-9-5-8-16(22)12-17/h4-12H,1-3H3/b18-11-. The minimum absolute atomic E-state index is 0.263. The fraction of sp³-hybridized carbons (Fsp3) is 0.143. The highest BCUT2D eigenvalue weighted by Crippen LogP contribution is 2.36. The number of esters is 1. The maximum absolute atomic E-state index is 13.1. The molecule has 0 bridgehead atoms. The third-order valence-corrected chi connectivity index (χ3v) is 4.44. The lowest BCUT2D eigenvalue weighted by Gasteiger charge is -2.18. The van der Waals surface area contributed by atoms with Gasteiger partial charge in [0.1, 0.15) is 0 Å². The van der Waals surface area contributed by atoms with E-state index in [0.717, 1.165) is 11.1 Å². The highest BCUT2D eigenvalue weighted by atomic mass is 35.5. The number of benzene rings is 2. The van der Waals surface area contributed by atoms with Crippen LogP contribution < -0.4 is 4.90 Å². The van der Waals surface area contributed by atoms with Gasteiger partial charge in [0, 0.05) is 10.7 Å². The summed E-state index contributed by atoms with van der Waals surface area (Å²) >= 11 is 6.07. The molecule has 2 aromatic rings. The molecule has 0 saturated heterocycles. The molecule has 2 aromatic carbocycles. The van der Waals surface area contributed by atoms with E-state index in [0.29, 0.717) is 22.0 Å². The quantitative estimate of drug-likeness (QED) is 0.591. The molecular formula is C21H18ClNO3. The minimum Gasteiger partial charge on any atom is -0.465 e. The number of halogens is 1.